The van der Waals surface area contributed by atoms with E-state index in [4.69, 9.17) is 5.73 Å². The molecule has 1 aliphatic heterocycles. The van der Waals surface area contributed by atoms with Crippen molar-refractivity contribution in [3.8, 4) is 0 Å². The summed E-state index contributed by atoms with van der Waals surface area (Å²) in [7, 11) is 0. The number of nitrogens with two attached hydrogens (primary N) is 1. The molecule has 0 aliphatic carbocycles. The molecule has 102 valence electrons. The van der Waals surface area contributed by atoms with E-state index in [-0.39, 0.29) is 5.54 Å². The zero-order valence-corrected chi connectivity index (χ0v) is 12.4. The van der Waals surface area contributed by atoms with Crippen LogP contribution in [0.25, 0.3) is 0 Å². The highest BCUT2D eigenvalue weighted by Gasteiger charge is 2.28. The van der Waals surface area contributed by atoms with Crippen LogP contribution in [0.3, 0.4) is 0 Å². The van der Waals surface area contributed by atoms with Gasteiger partial charge in [-0.1, -0.05) is 13.3 Å². The van der Waals surface area contributed by atoms with Gasteiger partial charge in [-0.05, 0) is 34.1 Å². The Bertz CT molecular complexity index is 222. The van der Waals surface area contributed by atoms with Crippen LogP contribution in [-0.4, -0.2) is 53.6 Å². The van der Waals surface area contributed by atoms with Gasteiger partial charge in [-0.3, -0.25) is 9.80 Å². The van der Waals surface area contributed by atoms with E-state index in [1.165, 1.54) is 19.5 Å². The fourth-order valence-corrected chi connectivity index (χ4v) is 2.74. The minimum Gasteiger partial charge on any atom is -0.324 e. The Balaban J connectivity index is 2.37. The Labute approximate surface area is 107 Å². The first-order valence-corrected chi connectivity index (χ1v) is 7.01. The molecule has 1 atom stereocenters. The van der Waals surface area contributed by atoms with Crippen LogP contribution in [0.15, 0.2) is 0 Å². The third-order valence-corrected chi connectivity index (χ3v) is 3.73. The molecule has 0 aromatic carbocycles. The zero-order chi connectivity index (χ0) is 13.1. The Morgan fingerprint density at radius 1 is 1.00 bits per heavy atom. The van der Waals surface area contributed by atoms with Crippen LogP contribution in [0.4, 0.5) is 0 Å². The molecule has 3 nitrogen and oxygen atoms in total. The molecule has 0 aromatic heterocycles. The first-order chi connectivity index (χ1) is 7.74. The molecule has 0 bridgehead atoms. The van der Waals surface area contributed by atoms with Crippen molar-refractivity contribution in [2.75, 3.05) is 32.7 Å². The lowest BCUT2D eigenvalue weighted by Crippen LogP contribution is -2.57. The van der Waals surface area contributed by atoms with E-state index in [0.717, 1.165) is 26.1 Å². The third-order valence-electron chi connectivity index (χ3n) is 3.73. The Morgan fingerprint density at radius 3 is 1.94 bits per heavy atom. The van der Waals surface area contributed by atoms with Gasteiger partial charge in [-0.25, -0.2) is 0 Å². The lowest BCUT2D eigenvalue weighted by molar-refractivity contribution is 0.0526. The summed E-state index contributed by atoms with van der Waals surface area (Å²) in [5.74, 6) is 0. The molecule has 2 N–H and O–H groups in total. The Kier molecular flexibility index (Phi) is 4.99. The smallest absolute Gasteiger partial charge is 0.0254 e. The second-order valence-electron chi connectivity index (χ2n) is 6.84. The lowest BCUT2D eigenvalue weighted by Gasteiger charge is -2.44. The quantitative estimate of drug-likeness (QED) is 0.816. The summed E-state index contributed by atoms with van der Waals surface area (Å²) in [6.45, 7) is 17.0. The van der Waals surface area contributed by atoms with E-state index in [9.17, 15) is 0 Å². The van der Waals surface area contributed by atoms with Crippen molar-refractivity contribution < 1.29 is 0 Å². The Morgan fingerprint density at radius 2 is 1.53 bits per heavy atom. The summed E-state index contributed by atoms with van der Waals surface area (Å²) in [6, 6.07) is 0. The molecule has 1 saturated heterocycles. The molecule has 1 unspecified atom stereocenters. The number of piperazine rings is 1. The number of nitrogens with zero attached hydrogens (tertiary/aromatic N) is 2. The third kappa shape index (κ3) is 4.94. The highest BCUT2D eigenvalue weighted by atomic mass is 15.3. The largest absolute Gasteiger partial charge is 0.324 e. The van der Waals surface area contributed by atoms with Gasteiger partial charge in [0.2, 0.25) is 0 Å². The van der Waals surface area contributed by atoms with Gasteiger partial charge in [-0.2, -0.15) is 0 Å². The summed E-state index contributed by atoms with van der Waals surface area (Å²) >= 11 is 0. The molecule has 1 rings (SSSR count). The van der Waals surface area contributed by atoms with Crippen LogP contribution in [0.2, 0.25) is 0 Å². The van der Waals surface area contributed by atoms with Crippen molar-refractivity contribution in [2.45, 2.75) is 58.5 Å². The SMILES string of the molecule is CCCC(C)(N)CN1CCN(C(C)(C)C)CC1. The molecule has 0 amide bonds. The predicted octanol–water partition coefficient (Wildman–Crippen LogP) is 1.92. The zero-order valence-electron chi connectivity index (χ0n) is 12.4. The van der Waals surface area contributed by atoms with Crippen molar-refractivity contribution in [1.29, 1.82) is 0 Å². The maximum Gasteiger partial charge on any atom is 0.0254 e. The van der Waals surface area contributed by atoms with Gasteiger partial charge < -0.3 is 5.73 Å². The van der Waals surface area contributed by atoms with Crippen molar-refractivity contribution in [3.63, 3.8) is 0 Å². The van der Waals surface area contributed by atoms with E-state index in [1.54, 1.807) is 0 Å². The average molecular weight is 241 g/mol. The Hall–Kier alpha value is -0.120. The second kappa shape index (κ2) is 5.68. The molecule has 0 spiro atoms. The van der Waals surface area contributed by atoms with Gasteiger partial charge in [0, 0.05) is 43.8 Å². The van der Waals surface area contributed by atoms with E-state index in [2.05, 4.69) is 44.4 Å². The monoisotopic (exact) mass is 241 g/mol. The average Bonchev–Trinajstić information content (AvgIpc) is 2.16. The molecule has 1 fully saturated rings. The van der Waals surface area contributed by atoms with Crippen molar-refractivity contribution in [2.24, 2.45) is 5.73 Å². The molecule has 17 heavy (non-hydrogen) atoms. The number of hydrogen-bond acceptors (Lipinski definition) is 3. The van der Waals surface area contributed by atoms with E-state index in [0.29, 0.717) is 5.54 Å². The van der Waals surface area contributed by atoms with Crippen LogP contribution in [0, 0.1) is 0 Å². The molecule has 0 aromatic rings. The van der Waals surface area contributed by atoms with Crippen LogP contribution in [0.5, 0.6) is 0 Å². The lowest BCUT2D eigenvalue weighted by atomic mass is 9.96. The summed E-state index contributed by atoms with van der Waals surface area (Å²) in [6.07, 6.45) is 2.29. The predicted molar refractivity (Wildman–Crippen MR) is 75.3 cm³/mol. The van der Waals surface area contributed by atoms with Gasteiger partial charge >= 0.3 is 0 Å². The standard InChI is InChI=1S/C14H31N3/c1-6-7-14(5,15)12-16-8-10-17(11-9-16)13(2,3)4/h6-12,15H2,1-5H3. The van der Waals surface area contributed by atoms with Gasteiger partial charge in [0.15, 0.2) is 0 Å². The summed E-state index contributed by atoms with van der Waals surface area (Å²) in [5.41, 5.74) is 6.62. The molecule has 1 aliphatic rings. The van der Waals surface area contributed by atoms with E-state index >= 15 is 0 Å². The van der Waals surface area contributed by atoms with Crippen molar-refractivity contribution in [1.82, 2.24) is 9.80 Å². The van der Waals surface area contributed by atoms with Gasteiger partial charge in [0.05, 0.1) is 0 Å². The molecule has 0 radical (unpaired) electrons. The number of rotatable bonds is 4. The molecule has 0 saturated carbocycles. The minimum absolute atomic E-state index is 0.0152. The van der Waals surface area contributed by atoms with Crippen molar-refractivity contribution >= 4 is 0 Å². The highest BCUT2D eigenvalue weighted by molar-refractivity contribution is 4.87. The topological polar surface area (TPSA) is 32.5 Å². The number of hydrogen-bond donors (Lipinski definition) is 1. The fourth-order valence-electron chi connectivity index (χ4n) is 2.74. The van der Waals surface area contributed by atoms with Gasteiger partial charge in [0.1, 0.15) is 0 Å². The van der Waals surface area contributed by atoms with E-state index < -0.39 is 0 Å². The first kappa shape index (κ1) is 14.9. The summed E-state index contributed by atoms with van der Waals surface area (Å²) < 4.78 is 0. The second-order valence-corrected chi connectivity index (χ2v) is 6.84. The van der Waals surface area contributed by atoms with Crippen LogP contribution in [0.1, 0.15) is 47.5 Å². The van der Waals surface area contributed by atoms with Gasteiger partial charge in [-0.15, -0.1) is 0 Å². The molecule has 3 heteroatoms. The molecular formula is C14H31N3. The molecule has 1 heterocycles. The van der Waals surface area contributed by atoms with Crippen LogP contribution < -0.4 is 5.73 Å². The van der Waals surface area contributed by atoms with Gasteiger partial charge in [0.25, 0.3) is 0 Å². The van der Waals surface area contributed by atoms with E-state index in [1.807, 2.05) is 0 Å². The van der Waals surface area contributed by atoms with Crippen LogP contribution in [-0.2, 0) is 0 Å². The van der Waals surface area contributed by atoms with Crippen LogP contribution >= 0.6 is 0 Å². The highest BCUT2D eigenvalue weighted by Crippen LogP contribution is 2.18. The maximum absolute atomic E-state index is 6.32. The summed E-state index contributed by atoms with van der Waals surface area (Å²) in [4.78, 5) is 5.09. The first-order valence-electron chi connectivity index (χ1n) is 7.01. The molecular weight excluding hydrogens is 210 g/mol. The maximum atomic E-state index is 6.32. The minimum atomic E-state index is -0.0152. The fraction of sp³-hybridized carbons (Fsp3) is 1.00. The normalized spacial score (nSPS) is 23.6. The van der Waals surface area contributed by atoms with Crippen molar-refractivity contribution in [3.05, 3.63) is 0 Å². The summed E-state index contributed by atoms with van der Waals surface area (Å²) in [5, 5.41) is 0.